The van der Waals surface area contributed by atoms with E-state index in [9.17, 15) is 4.79 Å². The SMILES string of the molecule is COc1ccc2c(c1)C(N(C)CCCC(=O)O)CCC2. The van der Waals surface area contributed by atoms with Crippen LogP contribution in [-0.2, 0) is 11.2 Å². The van der Waals surface area contributed by atoms with Crippen molar-refractivity contribution in [1.29, 1.82) is 0 Å². The number of benzene rings is 1. The molecule has 1 aromatic carbocycles. The van der Waals surface area contributed by atoms with Crippen LogP contribution in [0.1, 0.15) is 42.9 Å². The van der Waals surface area contributed by atoms with Crippen molar-refractivity contribution >= 4 is 5.97 Å². The molecule has 1 N–H and O–H groups in total. The average Bonchev–Trinajstić information content (AvgIpc) is 2.45. The van der Waals surface area contributed by atoms with E-state index in [2.05, 4.69) is 24.1 Å². The molecule has 4 nitrogen and oxygen atoms in total. The summed E-state index contributed by atoms with van der Waals surface area (Å²) in [4.78, 5) is 12.9. The molecule has 1 unspecified atom stereocenters. The highest BCUT2D eigenvalue weighted by atomic mass is 16.5. The third-order valence-corrected chi connectivity index (χ3v) is 4.07. The fourth-order valence-electron chi connectivity index (χ4n) is 2.97. The molecule has 1 aliphatic carbocycles. The van der Waals surface area contributed by atoms with Crippen molar-refractivity contribution in [3.63, 3.8) is 0 Å². The van der Waals surface area contributed by atoms with Crippen LogP contribution in [0.25, 0.3) is 0 Å². The highest BCUT2D eigenvalue weighted by Crippen LogP contribution is 2.35. The van der Waals surface area contributed by atoms with Gasteiger partial charge in [0.05, 0.1) is 7.11 Å². The largest absolute Gasteiger partial charge is 0.497 e. The number of aryl methyl sites for hydroxylation is 1. The van der Waals surface area contributed by atoms with E-state index in [1.54, 1.807) is 7.11 Å². The lowest BCUT2D eigenvalue weighted by molar-refractivity contribution is -0.137. The molecule has 0 amide bonds. The monoisotopic (exact) mass is 277 g/mol. The maximum Gasteiger partial charge on any atom is 0.303 e. The minimum Gasteiger partial charge on any atom is -0.497 e. The van der Waals surface area contributed by atoms with Crippen molar-refractivity contribution in [2.75, 3.05) is 20.7 Å². The molecule has 0 bridgehead atoms. The molecule has 4 heteroatoms. The van der Waals surface area contributed by atoms with Gasteiger partial charge in [-0.15, -0.1) is 0 Å². The van der Waals surface area contributed by atoms with Gasteiger partial charge in [-0.05, 0) is 62.5 Å². The summed E-state index contributed by atoms with van der Waals surface area (Å²) in [5, 5.41) is 8.73. The van der Waals surface area contributed by atoms with E-state index >= 15 is 0 Å². The van der Waals surface area contributed by atoms with Crippen LogP contribution >= 0.6 is 0 Å². The van der Waals surface area contributed by atoms with Crippen LogP contribution in [0.4, 0.5) is 0 Å². The fourth-order valence-corrected chi connectivity index (χ4v) is 2.97. The molecule has 0 spiro atoms. The molecule has 110 valence electrons. The molecular formula is C16H23NO3. The second-order valence-electron chi connectivity index (χ2n) is 5.45. The van der Waals surface area contributed by atoms with Crippen LogP contribution < -0.4 is 4.74 Å². The van der Waals surface area contributed by atoms with Gasteiger partial charge in [0.1, 0.15) is 5.75 Å². The number of carbonyl (C=O) groups is 1. The Morgan fingerprint density at radius 1 is 1.50 bits per heavy atom. The van der Waals surface area contributed by atoms with E-state index in [1.165, 1.54) is 17.5 Å². The molecule has 1 aliphatic rings. The van der Waals surface area contributed by atoms with Gasteiger partial charge < -0.3 is 9.84 Å². The fraction of sp³-hybridized carbons (Fsp3) is 0.562. The number of carboxylic acid groups (broad SMARTS) is 1. The third kappa shape index (κ3) is 3.51. The molecule has 20 heavy (non-hydrogen) atoms. The Bertz CT molecular complexity index is 473. The van der Waals surface area contributed by atoms with Crippen molar-refractivity contribution in [2.24, 2.45) is 0 Å². The lowest BCUT2D eigenvalue weighted by atomic mass is 9.86. The first-order chi connectivity index (χ1) is 9.61. The van der Waals surface area contributed by atoms with Crippen LogP contribution in [0.5, 0.6) is 5.75 Å². The molecule has 1 atom stereocenters. The first kappa shape index (κ1) is 14.9. The molecule has 0 saturated carbocycles. The van der Waals surface area contributed by atoms with Crippen molar-refractivity contribution in [2.45, 2.75) is 38.1 Å². The molecule has 0 heterocycles. The predicted octanol–water partition coefficient (Wildman–Crippen LogP) is 2.87. The molecular weight excluding hydrogens is 254 g/mol. The van der Waals surface area contributed by atoms with Crippen LogP contribution in [0.2, 0.25) is 0 Å². The van der Waals surface area contributed by atoms with E-state index in [1.807, 2.05) is 6.07 Å². The van der Waals surface area contributed by atoms with Gasteiger partial charge in [-0.1, -0.05) is 6.07 Å². The third-order valence-electron chi connectivity index (χ3n) is 4.07. The smallest absolute Gasteiger partial charge is 0.303 e. The quantitative estimate of drug-likeness (QED) is 0.868. The number of hydrogen-bond donors (Lipinski definition) is 1. The summed E-state index contributed by atoms with van der Waals surface area (Å²) in [5.41, 5.74) is 2.74. The van der Waals surface area contributed by atoms with E-state index in [-0.39, 0.29) is 6.42 Å². The number of nitrogens with zero attached hydrogens (tertiary/aromatic N) is 1. The summed E-state index contributed by atoms with van der Waals surface area (Å²) in [6.45, 7) is 0.813. The van der Waals surface area contributed by atoms with Crippen molar-refractivity contribution in [3.05, 3.63) is 29.3 Å². The number of methoxy groups -OCH3 is 1. The van der Waals surface area contributed by atoms with Crippen LogP contribution in [0, 0.1) is 0 Å². The first-order valence-electron chi connectivity index (χ1n) is 7.20. The Balaban J connectivity index is 2.08. The van der Waals surface area contributed by atoms with Crippen molar-refractivity contribution in [1.82, 2.24) is 4.90 Å². The minimum absolute atomic E-state index is 0.238. The normalized spacial score (nSPS) is 17.9. The second kappa shape index (κ2) is 6.75. The van der Waals surface area contributed by atoms with E-state index in [0.29, 0.717) is 12.5 Å². The first-order valence-corrected chi connectivity index (χ1v) is 7.20. The van der Waals surface area contributed by atoms with Crippen molar-refractivity contribution in [3.8, 4) is 5.75 Å². The van der Waals surface area contributed by atoms with Gasteiger partial charge in [-0.25, -0.2) is 0 Å². The number of fused-ring (bicyclic) bond motifs is 1. The minimum atomic E-state index is -0.718. The predicted molar refractivity (Wildman–Crippen MR) is 78.2 cm³/mol. The van der Waals surface area contributed by atoms with E-state index in [0.717, 1.165) is 25.1 Å². The summed E-state index contributed by atoms with van der Waals surface area (Å²) in [6, 6.07) is 6.69. The molecule has 0 saturated heterocycles. The van der Waals surface area contributed by atoms with Crippen molar-refractivity contribution < 1.29 is 14.6 Å². The molecule has 0 aliphatic heterocycles. The molecule has 0 aromatic heterocycles. The maximum absolute atomic E-state index is 10.6. The van der Waals surface area contributed by atoms with Gasteiger partial charge in [0.25, 0.3) is 0 Å². The zero-order chi connectivity index (χ0) is 14.5. The maximum atomic E-state index is 10.6. The summed E-state index contributed by atoms with van der Waals surface area (Å²) < 4.78 is 5.32. The van der Waals surface area contributed by atoms with E-state index < -0.39 is 5.97 Å². The number of hydrogen-bond acceptors (Lipinski definition) is 3. The van der Waals surface area contributed by atoms with Gasteiger partial charge >= 0.3 is 5.97 Å². The highest BCUT2D eigenvalue weighted by Gasteiger charge is 2.24. The lowest BCUT2D eigenvalue weighted by Gasteiger charge is -2.33. The van der Waals surface area contributed by atoms with Gasteiger partial charge in [-0.2, -0.15) is 0 Å². The second-order valence-corrected chi connectivity index (χ2v) is 5.45. The highest BCUT2D eigenvalue weighted by molar-refractivity contribution is 5.66. The number of rotatable bonds is 6. The Hall–Kier alpha value is -1.55. The molecule has 2 rings (SSSR count). The average molecular weight is 277 g/mol. The summed E-state index contributed by atoms with van der Waals surface area (Å²) in [7, 11) is 3.78. The lowest BCUT2D eigenvalue weighted by Crippen LogP contribution is -2.29. The van der Waals surface area contributed by atoms with Gasteiger partial charge in [0.2, 0.25) is 0 Å². The number of carboxylic acids is 1. The topological polar surface area (TPSA) is 49.8 Å². The Morgan fingerprint density at radius 3 is 3.00 bits per heavy atom. The standard InChI is InChI=1S/C16H23NO3/c1-17(10-4-7-16(18)19)15-6-3-5-12-8-9-13(20-2)11-14(12)15/h8-9,11,15H,3-7,10H2,1-2H3,(H,18,19). The molecule has 1 aromatic rings. The zero-order valence-electron chi connectivity index (χ0n) is 12.3. The Kier molecular flexibility index (Phi) is 5.01. The zero-order valence-corrected chi connectivity index (χ0v) is 12.3. The van der Waals surface area contributed by atoms with Crippen LogP contribution in [0.3, 0.4) is 0 Å². The summed E-state index contributed by atoms with van der Waals surface area (Å²) in [5.74, 6) is 0.179. The van der Waals surface area contributed by atoms with Gasteiger partial charge in [0, 0.05) is 12.5 Å². The van der Waals surface area contributed by atoms with Crippen LogP contribution in [-0.4, -0.2) is 36.7 Å². The summed E-state index contributed by atoms with van der Waals surface area (Å²) >= 11 is 0. The van der Waals surface area contributed by atoms with Gasteiger partial charge in [-0.3, -0.25) is 9.69 Å². The number of ether oxygens (including phenoxy) is 1. The Morgan fingerprint density at radius 2 is 2.30 bits per heavy atom. The van der Waals surface area contributed by atoms with Gasteiger partial charge in [0.15, 0.2) is 0 Å². The number of aliphatic carboxylic acids is 1. The summed E-state index contributed by atoms with van der Waals surface area (Å²) in [6.07, 6.45) is 4.37. The Labute approximate surface area is 120 Å². The molecule has 0 fully saturated rings. The van der Waals surface area contributed by atoms with E-state index in [4.69, 9.17) is 9.84 Å². The van der Waals surface area contributed by atoms with Crippen LogP contribution in [0.15, 0.2) is 18.2 Å². The molecule has 0 radical (unpaired) electrons.